The summed E-state index contributed by atoms with van der Waals surface area (Å²) in [5.41, 5.74) is 3.06. The Hall–Kier alpha value is -2.70. The van der Waals surface area contributed by atoms with Crippen molar-refractivity contribution in [2.45, 2.75) is 6.92 Å². The number of fused-ring (bicyclic) bond motifs is 1. The molecule has 0 saturated heterocycles. The van der Waals surface area contributed by atoms with Crippen LogP contribution in [0.5, 0.6) is 0 Å². The molecule has 0 radical (unpaired) electrons. The lowest BCUT2D eigenvalue weighted by molar-refractivity contribution is 0.102. The molecule has 0 unspecified atom stereocenters. The van der Waals surface area contributed by atoms with Crippen molar-refractivity contribution >= 4 is 45.0 Å². The fourth-order valence-electron chi connectivity index (χ4n) is 2.77. The lowest BCUT2D eigenvalue weighted by Crippen LogP contribution is -2.14. The Bertz CT molecular complexity index is 1150. The number of carbonyl (C=O) groups excluding carboxylic acids is 1. The normalized spacial score (nSPS) is 10.9. The molecule has 0 fully saturated rings. The van der Waals surface area contributed by atoms with Gasteiger partial charge in [-0.05, 0) is 31.2 Å². The van der Waals surface area contributed by atoms with Gasteiger partial charge in [-0.15, -0.1) is 0 Å². The molecule has 1 amide bonds. The smallest absolute Gasteiger partial charge is 0.258 e. The zero-order valence-corrected chi connectivity index (χ0v) is 16.6. The summed E-state index contributed by atoms with van der Waals surface area (Å²) in [7, 11) is 0. The zero-order valence-electron chi connectivity index (χ0n) is 14.3. The zero-order chi connectivity index (χ0) is 19.0. The van der Waals surface area contributed by atoms with E-state index in [1.54, 1.807) is 34.9 Å². The second-order valence-electron chi connectivity index (χ2n) is 6.04. The minimum absolute atomic E-state index is 0.319. The molecule has 0 atom stereocenters. The molecule has 134 valence electrons. The van der Waals surface area contributed by atoms with E-state index in [-0.39, 0.29) is 5.91 Å². The second kappa shape index (κ2) is 7.13. The lowest BCUT2D eigenvalue weighted by atomic mass is 10.1. The first-order valence-electron chi connectivity index (χ1n) is 8.19. The number of halogens is 2. The van der Waals surface area contributed by atoms with Crippen molar-refractivity contribution in [3.8, 4) is 11.3 Å². The summed E-state index contributed by atoms with van der Waals surface area (Å²) in [6, 6.07) is 14.9. The van der Waals surface area contributed by atoms with E-state index >= 15 is 0 Å². The first-order chi connectivity index (χ1) is 13.0. The molecule has 4 rings (SSSR count). The third-order valence-electron chi connectivity index (χ3n) is 4.13. The number of hydrogen-bond donors (Lipinski definition) is 1. The molecule has 7 heteroatoms. The van der Waals surface area contributed by atoms with Crippen LogP contribution in [-0.4, -0.2) is 20.3 Å². The highest BCUT2D eigenvalue weighted by Gasteiger charge is 2.19. The minimum Gasteiger partial charge on any atom is -0.306 e. The monoisotopic (exact) mass is 440 g/mol. The van der Waals surface area contributed by atoms with Gasteiger partial charge in [-0.1, -0.05) is 57.4 Å². The summed E-state index contributed by atoms with van der Waals surface area (Å²) in [6.07, 6.45) is 3.48. The van der Waals surface area contributed by atoms with Crippen molar-refractivity contribution in [3.63, 3.8) is 0 Å². The van der Waals surface area contributed by atoms with Crippen LogP contribution in [0, 0.1) is 6.92 Å². The van der Waals surface area contributed by atoms with Gasteiger partial charge in [0.2, 0.25) is 5.78 Å². The Morgan fingerprint density at radius 3 is 2.74 bits per heavy atom. The van der Waals surface area contributed by atoms with Crippen molar-refractivity contribution in [1.29, 1.82) is 0 Å². The van der Waals surface area contributed by atoms with Gasteiger partial charge < -0.3 is 5.32 Å². The number of aryl methyl sites for hydroxylation is 1. The number of nitrogens with one attached hydrogen (secondary N) is 1. The summed E-state index contributed by atoms with van der Waals surface area (Å²) < 4.78 is 2.52. The summed E-state index contributed by atoms with van der Waals surface area (Å²) in [5.74, 6) is 0.729. The van der Waals surface area contributed by atoms with Crippen LogP contribution in [0.3, 0.4) is 0 Å². The fourth-order valence-corrected chi connectivity index (χ4v) is 3.33. The van der Waals surface area contributed by atoms with Gasteiger partial charge in [-0.25, -0.2) is 9.97 Å². The highest BCUT2D eigenvalue weighted by atomic mass is 79.9. The van der Waals surface area contributed by atoms with Gasteiger partial charge in [-0.2, -0.15) is 0 Å². The van der Waals surface area contributed by atoms with Crippen molar-refractivity contribution in [1.82, 2.24) is 14.4 Å². The molecule has 27 heavy (non-hydrogen) atoms. The van der Waals surface area contributed by atoms with Crippen LogP contribution in [0.2, 0.25) is 5.02 Å². The highest BCUT2D eigenvalue weighted by Crippen LogP contribution is 2.30. The number of imidazole rings is 1. The second-order valence-corrected chi connectivity index (χ2v) is 7.37. The molecule has 0 saturated carbocycles. The van der Waals surface area contributed by atoms with Gasteiger partial charge >= 0.3 is 0 Å². The number of benzene rings is 2. The van der Waals surface area contributed by atoms with Gasteiger partial charge in [0.05, 0.1) is 10.6 Å². The lowest BCUT2D eigenvalue weighted by Gasteiger charge is -2.09. The molecule has 0 spiro atoms. The van der Waals surface area contributed by atoms with E-state index in [0.717, 1.165) is 15.6 Å². The summed E-state index contributed by atoms with van der Waals surface area (Å²) in [6.45, 7) is 2.02. The number of nitrogens with zero attached hydrogens (tertiary/aromatic N) is 3. The van der Waals surface area contributed by atoms with E-state index in [4.69, 9.17) is 11.6 Å². The van der Waals surface area contributed by atoms with E-state index < -0.39 is 0 Å². The average molecular weight is 442 g/mol. The van der Waals surface area contributed by atoms with E-state index in [0.29, 0.717) is 27.9 Å². The maximum atomic E-state index is 12.9. The van der Waals surface area contributed by atoms with E-state index in [1.165, 1.54) is 0 Å². The Labute approximate surface area is 169 Å². The summed E-state index contributed by atoms with van der Waals surface area (Å²) >= 11 is 9.58. The number of carbonyl (C=O) groups is 1. The molecular formula is C20H14BrClN4O. The minimum atomic E-state index is -0.319. The molecule has 0 aliphatic rings. The first-order valence-corrected chi connectivity index (χ1v) is 9.36. The molecule has 1 N–H and O–H groups in total. The number of rotatable bonds is 3. The van der Waals surface area contributed by atoms with Crippen molar-refractivity contribution in [2.24, 2.45) is 0 Å². The topological polar surface area (TPSA) is 59.3 Å². The van der Waals surface area contributed by atoms with Crippen LogP contribution < -0.4 is 5.32 Å². The van der Waals surface area contributed by atoms with Crippen LogP contribution in [-0.2, 0) is 0 Å². The van der Waals surface area contributed by atoms with E-state index in [1.807, 2.05) is 37.4 Å². The predicted molar refractivity (Wildman–Crippen MR) is 110 cm³/mol. The first kappa shape index (κ1) is 17.7. The average Bonchev–Trinajstić information content (AvgIpc) is 3.03. The quantitative estimate of drug-likeness (QED) is 0.465. The van der Waals surface area contributed by atoms with Gasteiger partial charge in [0.15, 0.2) is 0 Å². The van der Waals surface area contributed by atoms with Crippen molar-refractivity contribution < 1.29 is 4.79 Å². The summed E-state index contributed by atoms with van der Waals surface area (Å²) in [5, 5.41) is 3.32. The van der Waals surface area contributed by atoms with Crippen LogP contribution >= 0.6 is 27.5 Å². The predicted octanol–water partition coefficient (Wildman–Crippen LogP) is 5.37. The SMILES string of the molecule is Cc1ccc(-c2nc3ncccn3c2NC(=O)c2cc(Br)ccc2Cl)cc1. The molecule has 0 aliphatic carbocycles. The maximum Gasteiger partial charge on any atom is 0.258 e. The Morgan fingerprint density at radius 1 is 1.19 bits per heavy atom. The third-order valence-corrected chi connectivity index (χ3v) is 4.96. The largest absolute Gasteiger partial charge is 0.306 e. The van der Waals surface area contributed by atoms with Crippen LogP contribution in [0.1, 0.15) is 15.9 Å². The third kappa shape index (κ3) is 3.46. The Morgan fingerprint density at radius 2 is 1.96 bits per heavy atom. The molecule has 4 aromatic rings. The number of anilines is 1. The van der Waals surface area contributed by atoms with Gasteiger partial charge in [0.1, 0.15) is 11.5 Å². The number of hydrogen-bond acceptors (Lipinski definition) is 3. The van der Waals surface area contributed by atoms with Crippen molar-refractivity contribution in [3.05, 3.63) is 81.5 Å². The Kier molecular flexibility index (Phi) is 4.68. The van der Waals surface area contributed by atoms with Crippen LogP contribution in [0.25, 0.3) is 17.0 Å². The molecule has 5 nitrogen and oxygen atoms in total. The maximum absolute atomic E-state index is 12.9. The standard InChI is InChI=1S/C20H14BrClN4O/c1-12-3-5-13(6-4-12)17-18(26-10-2-9-23-20(26)24-17)25-19(27)15-11-14(21)7-8-16(15)22/h2-11H,1H3,(H,25,27). The number of aromatic nitrogens is 3. The molecule has 2 heterocycles. The van der Waals surface area contributed by atoms with Crippen LogP contribution in [0.15, 0.2) is 65.4 Å². The fraction of sp³-hybridized carbons (Fsp3) is 0.0500. The molecule has 2 aromatic carbocycles. The number of amides is 1. The van der Waals surface area contributed by atoms with Gasteiger partial charge in [0, 0.05) is 22.4 Å². The molecule has 2 aromatic heterocycles. The molecular weight excluding hydrogens is 428 g/mol. The van der Waals surface area contributed by atoms with E-state index in [9.17, 15) is 4.79 Å². The van der Waals surface area contributed by atoms with Crippen LogP contribution in [0.4, 0.5) is 5.82 Å². The molecule has 0 bridgehead atoms. The summed E-state index contributed by atoms with van der Waals surface area (Å²) in [4.78, 5) is 21.8. The van der Waals surface area contributed by atoms with E-state index in [2.05, 4.69) is 31.2 Å². The van der Waals surface area contributed by atoms with Gasteiger partial charge in [-0.3, -0.25) is 9.20 Å². The highest BCUT2D eigenvalue weighted by molar-refractivity contribution is 9.10. The molecule has 0 aliphatic heterocycles. The van der Waals surface area contributed by atoms with Crippen molar-refractivity contribution in [2.75, 3.05) is 5.32 Å². The Balaban J connectivity index is 1.82. The van der Waals surface area contributed by atoms with Gasteiger partial charge in [0.25, 0.3) is 5.91 Å².